The quantitative estimate of drug-likeness (QED) is 0.453. The third kappa shape index (κ3) is 4.53. The topological polar surface area (TPSA) is 102 Å². The molecule has 0 atom stereocenters. The summed E-state index contributed by atoms with van der Waals surface area (Å²) in [6, 6.07) is 15.1. The van der Waals surface area contributed by atoms with E-state index in [1.165, 1.54) is 29.0 Å². The van der Waals surface area contributed by atoms with Gasteiger partial charge in [0, 0.05) is 12.1 Å². The molecule has 3 N–H and O–H groups in total. The number of aromatic nitrogens is 3. The molecule has 4 rings (SSSR count). The van der Waals surface area contributed by atoms with Crippen molar-refractivity contribution in [2.45, 2.75) is 31.1 Å². The molecule has 2 heterocycles. The van der Waals surface area contributed by atoms with E-state index in [9.17, 15) is 8.42 Å². The second kappa shape index (κ2) is 8.17. The highest BCUT2D eigenvalue weighted by Crippen LogP contribution is 2.26. The summed E-state index contributed by atoms with van der Waals surface area (Å²) in [7, 11) is -3.65. The normalized spacial score (nSPS) is 12.0. The van der Waals surface area contributed by atoms with Crippen LogP contribution in [-0.4, -0.2) is 29.6 Å². The third-order valence-corrected chi connectivity index (χ3v) is 6.67. The number of sulfonamides is 1. The number of benzene rings is 2. The van der Waals surface area contributed by atoms with Crippen LogP contribution >= 0.6 is 11.3 Å². The molecule has 4 aromatic rings. The lowest BCUT2D eigenvalue weighted by Gasteiger charge is -2.05. The first-order valence-corrected chi connectivity index (χ1v) is 12.0. The zero-order valence-corrected chi connectivity index (χ0v) is 18.4. The van der Waals surface area contributed by atoms with E-state index in [0.29, 0.717) is 12.5 Å². The number of nitrogens with one attached hydrogen (secondary N) is 1. The zero-order valence-electron chi connectivity index (χ0n) is 16.7. The number of hydrogen-bond donors (Lipinski definition) is 2. The summed E-state index contributed by atoms with van der Waals surface area (Å²) in [5.74, 6) is 0.506. The van der Waals surface area contributed by atoms with E-state index >= 15 is 0 Å². The monoisotopic (exact) mass is 441 g/mol. The molecule has 0 fully saturated rings. The maximum Gasteiger partial charge on any atom is 0.238 e. The number of hydrogen-bond acceptors (Lipinski definition) is 6. The number of nitrogens with zero attached hydrogens (tertiary/aromatic N) is 3. The summed E-state index contributed by atoms with van der Waals surface area (Å²) < 4.78 is 24.4. The molecule has 0 spiro atoms. The number of primary sulfonamides is 1. The zero-order chi connectivity index (χ0) is 21.3. The fourth-order valence-corrected chi connectivity index (χ4v) is 4.43. The molecule has 0 aliphatic carbocycles. The van der Waals surface area contributed by atoms with E-state index in [1.54, 1.807) is 16.6 Å². The van der Waals surface area contributed by atoms with Crippen molar-refractivity contribution in [3.05, 3.63) is 65.9 Å². The van der Waals surface area contributed by atoms with Crippen LogP contribution in [0, 0.1) is 0 Å². The second-order valence-electron chi connectivity index (χ2n) is 7.40. The van der Waals surface area contributed by atoms with Gasteiger partial charge in [-0.2, -0.15) is 0 Å². The third-order valence-electron chi connectivity index (χ3n) is 4.86. The summed E-state index contributed by atoms with van der Waals surface area (Å²) in [5.41, 5.74) is 4.31. The van der Waals surface area contributed by atoms with Crippen LogP contribution in [0.1, 0.15) is 30.9 Å². The van der Waals surface area contributed by atoms with Crippen molar-refractivity contribution in [3.63, 3.8) is 0 Å². The van der Waals surface area contributed by atoms with Gasteiger partial charge in [-0.05, 0) is 35.6 Å². The molecule has 0 saturated heterocycles. The molecule has 0 radical (unpaired) electrons. The van der Waals surface area contributed by atoms with Crippen molar-refractivity contribution in [2.24, 2.45) is 5.14 Å². The Bertz CT molecular complexity index is 1230. The average molecular weight is 442 g/mol. The first-order chi connectivity index (χ1) is 14.3. The van der Waals surface area contributed by atoms with Gasteiger partial charge in [-0.15, -0.1) is 5.10 Å². The smallest absolute Gasteiger partial charge is 0.238 e. The molecule has 2 aromatic heterocycles. The first-order valence-electron chi connectivity index (χ1n) is 9.62. The van der Waals surface area contributed by atoms with Gasteiger partial charge in [-0.25, -0.2) is 23.1 Å². The van der Waals surface area contributed by atoms with Gasteiger partial charge >= 0.3 is 0 Å². The molecule has 0 amide bonds. The van der Waals surface area contributed by atoms with Crippen LogP contribution in [0.3, 0.4) is 0 Å². The van der Waals surface area contributed by atoms with Gasteiger partial charge < -0.3 is 5.32 Å². The first kappa shape index (κ1) is 20.5. The van der Waals surface area contributed by atoms with Crippen LogP contribution in [0.4, 0.5) is 5.13 Å². The van der Waals surface area contributed by atoms with Crippen LogP contribution in [0.5, 0.6) is 0 Å². The Morgan fingerprint density at radius 1 is 1.10 bits per heavy atom. The summed E-state index contributed by atoms with van der Waals surface area (Å²) in [6.07, 6.45) is 2.67. The van der Waals surface area contributed by atoms with Crippen LogP contribution < -0.4 is 10.5 Å². The minimum Gasteiger partial charge on any atom is -0.360 e. The molecule has 30 heavy (non-hydrogen) atoms. The van der Waals surface area contributed by atoms with Gasteiger partial charge in [0.2, 0.25) is 20.1 Å². The van der Waals surface area contributed by atoms with Crippen molar-refractivity contribution in [3.8, 4) is 11.3 Å². The Labute approximate surface area is 179 Å². The molecule has 2 aromatic carbocycles. The Morgan fingerprint density at radius 2 is 1.80 bits per heavy atom. The van der Waals surface area contributed by atoms with Crippen LogP contribution in [0.15, 0.2) is 59.6 Å². The SMILES string of the molecule is CC(C)c1ccc(-c2cn3nc(NCCc4ccc(S(N)(=O)=O)cc4)sc3n2)cc1. The molecule has 0 aliphatic rings. The van der Waals surface area contributed by atoms with Gasteiger partial charge in [0.05, 0.1) is 16.8 Å². The largest absolute Gasteiger partial charge is 0.360 e. The van der Waals surface area contributed by atoms with Crippen LogP contribution in [0.25, 0.3) is 16.2 Å². The molecular formula is C21H23N5O2S2. The van der Waals surface area contributed by atoms with Gasteiger partial charge in [0.15, 0.2) is 0 Å². The molecular weight excluding hydrogens is 418 g/mol. The predicted molar refractivity (Wildman–Crippen MR) is 120 cm³/mol. The summed E-state index contributed by atoms with van der Waals surface area (Å²) in [4.78, 5) is 5.64. The standard InChI is InChI=1S/C21H23N5O2S2/c1-14(2)16-5-7-17(8-6-16)19-13-26-21(24-19)29-20(25-26)23-12-11-15-3-9-18(10-4-15)30(22,27)28/h3-10,13-14H,11-12H2,1-2H3,(H,23,25)(H2,22,27,28). The number of imidazole rings is 1. The molecule has 7 nitrogen and oxygen atoms in total. The van der Waals surface area contributed by atoms with E-state index in [1.807, 2.05) is 6.20 Å². The van der Waals surface area contributed by atoms with Crippen molar-refractivity contribution < 1.29 is 8.42 Å². The Kier molecular flexibility index (Phi) is 5.59. The number of nitrogens with two attached hydrogens (primary N) is 1. The van der Waals surface area contributed by atoms with Gasteiger partial charge in [-0.1, -0.05) is 61.6 Å². The number of anilines is 1. The van der Waals surface area contributed by atoms with E-state index in [2.05, 4.69) is 53.5 Å². The molecule has 9 heteroatoms. The fraction of sp³-hybridized carbons (Fsp3) is 0.238. The van der Waals surface area contributed by atoms with Gasteiger partial charge in [-0.3, -0.25) is 0 Å². The molecule has 0 bridgehead atoms. The van der Waals surface area contributed by atoms with Gasteiger partial charge in [0.1, 0.15) is 0 Å². The molecule has 0 aliphatic heterocycles. The van der Waals surface area contributed by atoms with E-state index in [4.69, 9.17) is 5.14 Å². The maximum atomic E-state index is 11.3. The van der Waals surface area contributed by atoms with E-state index in [0.717, 1.165) is 33.3 Å². The summed E-state index contributed by atoms with van der Waals surface area (Å²) in [5, 5.41) is 13.8. The lowest BCUT2D eigenvalue weighted by atomic mass is 10.0. The Hall–Kier alpha value is -2.75. The average Bonchev–Trinajstić information content (AvgIpc) is 3.26. The highest BCUT2D eigenvalue weighted by atomic mass is 32.2. The van der Waals surface area contributed by atoms with E-state index < -0.39 is 10.0 Å². The molecule has 0 saturated carbocycles. The lowest BCUT2D eigenvalue weighted by Crippen LogP contribution is -2.12. The maximum absolute atomic E-state index is 11.3. The minimum atomic E-state index is -3.65. The van der Waals surface area contributed by atoms with Crippen molar-refractivity contribution >= 4 is 31.5 Å². The predicted octanol–water partition coefficient (Wildman–Crippen LogP) is 3.88. The fourth-order valence-electron chi connectivity index (χ4n) is 3.11. The highest BCUT2D eigenvalue weighted by molar-refractivity contribution is 7.89. The van der Waals surface area contributed by atoms with E-state index in [-0.39, 0.29) is 4.90 Å². The van der Waals surface area contributed by atoms with Crippen LogP contribution in [0.2, 0.25) is 0 Å². The summed E-state index contributed by atoms with van der Waals surface area (Å²) >= 11 is 1.50. The minimum absolute atomic E-state index is 0.120. The van der Waals surface area contributed by atoms with Crippen LogP contribution in [-0.2, 0) is 16.4 Å². The second-order valence-corrected chi connectivity index (χ2v) is 9.92. The summed E-state index contributed by atoms with van der Waals surface area (Å²) in [6.45, 7) is 5.04. The molecule has 0 unspecified atom stereocenters. The molecule has 156 valence electrons. The Balaban J connectivity index is 1.38. The Morgan fingerprint density at radius 3 is 2.40 bits per heavy atom. The van der Waals surface area contributed by atoms with Crippen molar-refractivity contribution in [2.75, 3.05) is 11.9 Å². The number of rotatable bonds is 7. The highest BCUT2D eigenvalue weighted by Gasteiger charge is 2.11. The van der Waals surface area contributed by atoms with Gasteiger partial charge in [0.25, 0.3) is 0 Å². The van der Waals surface area contributed by atoms with Crippen molar-refractivity contribution in [1.29, 1.82) is 0 Å². The number of fused-ring (bicyclic) bond motifs is 1. The van der Waals surface area contributed by atoms with Crippen molar-refractivity contribution in [1.82, 2.24) is 14.6 Å². The lowest BCUT2D eigenvalue weighted by molar-refractivity contribution is 0.598.